The van der Waals surface area contributed by atoms with E-state index in [0.717, 1.165) is 47.6 Å². The maximum absolute atomic E-state index is 13.2. The highest BCUT2D eigenvalue weighted by atomic mass is 35.5. The average Bonchev–Trinajstić information content (AvgIpc) is 2.92. The first kappa shape index (κ1) is 19.4. The van der Waals surface area contributed by atoms with E-state index in [1.165, 1.54) is 0 Å². The highest BCUT2D eigenvalue weighted by Gasteiger charge is 2.38. The lowest BCUT2D eigenvalue weighted by atomic mass is 9.81. The van der Waals surface area contributed by atoms with E-state index >= 15 is 0 Å². The van der Waals surface area contributed by atoms with Crippen LogP contribution in [-0.2, 0) is 4.79 Å². The number of hydrogen-bond donors (Lipinski definition) is 1. The van der Waals surface area contributed by atoms with E-state index in [0.29, 0.717) is 22.4 Å². The molecule has 0 saturated carbocycles. The van der Waals surface area contributed by atoms with Crippen LogP contribution in [0.2, 0.25) is 10.0 Å². The molecule has 0 bridgehead atoms. The molecule has 1 N–H and O–H groups in total. The van der Waals surface area contributed by atoms with Gasteiger partial charge in [0.1, 0.15) is 0 Å². The molecular formula is C23H24Cl2N2O. The van der Waals surface area contributed by atoms with Crippen molar-refractivity contribution < 1.29 is 4.79 Å². The zero-order valence-corrected chi connectivity index (χ0v) is 17.6. The molecule has 0 spiro atoms. The minimum atomic E-state index is -0.235. The van der Waals surface area contributed by atoms with E-state index in [4.69, 9.17) is 23.2 Å². The number of likely N-dealkylation sites (N-methyl/N-ethyl adjacent to an activating group) is 1. The van der Waals surface area contributed by atoms with Gasteiger partial charge in [0, 0.05) is 34.3 Å². The second-order valence-corrected chi connectivity index (χ2v) is 8.49. The third-order valence-corrected chi connectivity index (χ3v) is 6.16. The van der Waals surface area contributed by atoms with Crippen molar-refractivity contribution in [3.05, 3.63) is 80.8 Å². The van der Waals surface area contributed by atoms with E-state index in [-0.39, 0.29) is 11.8 Å². The van der Waals surface area contributed by atoms with Crippen molar-refractivity contribution in [3.63, 3.8) is 0 Å². The number of halogens is 2. The third kappa shape index (κ3) is 3.42. The fraction of sp³-hybridized carbons (Fsp3) is 0.348. The number of hydrogen-bond acceptors (Lipinski definition) is 3. The molecule has 2 atom stereocenters. The largest absolute Gasteiger partial charge is 0.359 e. The maximum atomic E-state index is 13.2. The predicted octanol–water partition coefficient (Wildman–Crippen LogP) is 5.94. The van der Waals surface area contributed by atoms with Gasteiger partial charge in [-0.2, -0.15) is 0 Å². The molecular weight excluding hydrogens is 391 g/mol. The van der Waals surface area contributed by atoms with Gasteiger partial charge in [-0.3, -0.25) is 4.79 Å². The van der Waals surface area contributed by atoms with Crippen LogP contribution >= 0.6 is 23.2 Å². The number of nitrogens with zero attached hydrogens (tertiary/aromatic N) is 1. The summed E-state index contributed by atoms with van der Waals surface area (Å²) in [4.78, 5) is 15.5. The highest BCUT2D eigenvalue weighted by Crippen LogP contribution is 2.44. The summed E-state index contributed by atoms with van der Waals surface area (Å²) < 4.78 is 0. The van der Waals surface area contributed by atoms with Crippen LogP contribution in [0.25, 0.3) is 0 Å². The highest BCUT2D eigenvalue weighted by molar-refractivity contribution is 6.35. The quantitative estimate of drug-likeness (QED) is 0.649. The lowest BCUT2D eigenvalue weighted by Gasteiger charge is -2.36. The summed E-state index contributed by atoms with van der Waals surface area (Å²) in [5.41, 5.74) is 4.89. The van der Waals surface area contributed by atoms with E-state index in [1.54, 1.807) is 6.07 Å². The monoisotopic (exact) mass is 414 g/mol. The van der Waals surface area contributed by atoms with Gasteiger partial charge in [0.25, 0.3) is 0 Å². The smallest absolute Gasteiger partial charge is 0.163 e. The van der Waals surface area contributed by atoms with Gasteiger partial charge < -0.3 is 10.2 Å². The second kappa shape index (κ2) is 7.81. The lowest BCUT2D eigenvalue weighted by Crippen LogP contribution is -2.33. The number of allylic oxidation sites excluding steroid dienone is 5. The summed E-state index contributed by atoms with van der Waals surface area (Å²) in [6.07, 6.45) is 10.9. The summed E-state index contributed by atoms with van der Waals surface area (Å²) >= 11 is 12.8. The van der Waals surface area contributed by atoms with E-state index in [1.807, 2.05) is 12.1 Å². The first-order valence-corrected chi connectivity index (χ1v) is 10.6. The van der Waals surface area contributed by atoms with Gasteiger partial charge in [-0.15, -0.1) is 0 Å². The van der Waals surface area contributed by atoms with E-state index in [9.17, 15) is 4.79 Å². The van der Waals surface area contributed by atoms with Gasteiger partial charge in [0.2, 0.25) is 0 Å². The van der Waals surface area contributed by atoms with Crippen molar-refractivity contribution in [2.75, 3.05) is 6.54 Å². The standard InChI is InChI=1S/C23H24Cl2N2O/c1-3-27-20-8-6-4-5-7-18(20)26-19-11-14(2)12-21(28)22(19)23(27)16-10-9-15(24)13-17(16)25/h5-10,13-14,23,26H,3-4,11-12H2,1-2H3. The molecule has 0 radical (unpaired) electrons. The zero-order valence-electron chi connectivity index (χ0n) is 16.1. The number of ketones is 1. The molecule has 0 saturated heterocycles. The van der Waals surface area contributed by atoms with Gasteiger partial charge in [-0.05, 0) is 55.5 Å². The molecule has 1 aliphatic heterocycles. The summed E-state index contributed by atoms with van der Waals surface area (Å²) in [6.45, 7) is 5.00. The fourth-order valence-corrected chi connectivity index (χ4v) is 4.91. The van der Waals surface area contributed by atoms with Crippen molar-refractivity contribution in [2.24, 2.45) is 5.92 Å². The Kier molecular flexibility index (Phi) is 5.39. The van der Waals surface area contributed by atoms with Crippen molar-refractivity contribution in [1.82, 2.24) is 10.2 Å². The van der Waals surface area contributed by atoms with Gasteiger partial charge in [0.05, 0.1) is 17.4 Å². The number of rotatable bonds is 2. The second-order valence-electron chi connectivity index (χ2n) is 7.65. The van der Waals surface area contributed by atoms with Crippen molar-refractivity contribution in [3.8, 4) is 0 Å². The zero-order chi connectivity index (χ0) is 19.8. The van der Waals surface area contributed by atoms with E-state index < -0.39 is 0 Å². The van der Waals surface area contributed by atoms with Crippen LogP contribution in [0.1, 0.15) is 44.7 Å². The Morgan fingerprint density at radius 1 is 1.18 bits per heavy atom. The van der Waals surface area contributed by atoms with Crippen LogP contribution in [0.5, 0.6) is 0 Å². The molecule has 1 heterocycles. The summed E-state index contributed by atoms with van der Waals surface area (Å²) in [6, 6.07) is 5.33. The van der Waals surface area contributed by atoms with Crippen LogP contribution in [0.3, 0.4) is 0 Å². The average molecular weight is 415 g/mol. The van der Waals surface area contributed by atoms with Crippen LogP contribution in [0.15, 0.2) is 65.2 Å². The molecule has 4 rings (SSSR count). The van der Waals surface area contributed by atoms with Crippen molar-refractivity contribution in [2.45, 2.75) is 39.2 Å². The molecule has 0 amide bonds. The number of Topliss-reactive ketones (excluding diaryl/α,β-unsaturated/α-hetero) is 1. The summed E-state index contributed by atoms with van der Waals surface area (Å²) in [5, 5.41) is 4.79. The van der Waals surface area contributed by atoms with Crippen molar-refractivity contribution >= 4 is 29.0 Å². The first-order valence-electron chi connectivity index (χ1n) is 9.81. The van der Waals surface area contributed by atoms with Crippen LogP contribution in [-0.4, -0.2) is 17.2 Å². The van der Waals surface area contributed by atoms with Crippen LogP contribution < -0.4 is 5.32 Å². The number of carbonyl (C=O) groups excluding carboxylic acids is 1. The summed E-state index contributed by atoms with van der Waals surface area (Å²) in [5.74, 6) is 0.518. The molecule has 28 heavy (non-hydrogen) atoms. The molecule has 2 unspecified atom stereocenters. The normalized spacial score (nSPS) is 24.6. The van der Waals surface area contributed by atoms with Gasteiger partial charge in [0.15, 0.2) is 5.78 Å². The molecule has 1 aromatic rings. The van der Waals surface area contributed by atoms with Crippen molar-refractivity contribution in [1.29, 1.82) is 0 Å². The SMILES string of the molecule is CCN1C2=C(C=CCC=C2)NC2=C(C(=O)CC(C)C2)C1c1ccc(Cl)cc1Cl. The van der Waals surface area contributed by atoms with Gasteiger partial charge >= 0.3 is 0 Å². The Hall–Kier alpha value is -1.97. The molecule has 3 aliphatic rings. The minimum Gasteiger partial charge on any atom is -0.359 e. The predicted molar refractivity (Wildman–Crippen MR) is 115 cm³/mol. The molecule has 3 nitrogen and oxygen atoms in total. The van der Waals surface area contributed by atoms with Gasteiger partial charge in [-0.25, -0.2) is 0 Å². The Labute approximate surface area is 176 Å². The number of carbonyl (C=O) groups is 1. The lowest BCUT2D eigenvalue weighted by molar-refractivity contribution is -0.117. The Morgan fingerprint density at radius 3 is 2.71 bits per heavy atom. The van der Waals surface area contributed by atoms with Crippen LogP contribution in [0, 0.1) is 5.92 Å². The molecule has 0 aromatic heterocycles. The molecule has 146 valence electrons. The summed E-state index contributed by atoms with van der Waals surface area (Å²) in [7, 11) is 0. The Morgan fingerprint density at radius 2 is 1.96 bits per heavy atom. The number of benzene rings is 1. The van der Waals surface area contributed by atoms with Crippen LogP contribution in [0.4, 0.5) is 0 Å². The molecule has 1 aromatic carbocycles. The Bertz CT molecular complexity index is 942. The Balaban J connectivity index is 1.97. The molecule has 5 heteroatoms. The number of nitrogens with one attached hydrogen (secondary N) is 1. The van der Waals surface area contributed by atoms with E-state index in [2.05, 4.69) is 48.4 Å². The fourth-order valence-electron chi connectivity index (χ4n) is 4.39. The molecule has 0 fully saturated rings. The minimum absolute atomic E-state index is 0.196. The van der Waals surface area contributed by atoms with Gasteiger partial charge in [-0.1, -0.05) is 48.3 Å². The third-order valence-electron chi connectivity index (χ3n) is 5.60. The molecule has 2 aliphatic carbocycles. The first-order chi connectivity index (χ1) is 13.5. The topological polar surface area (TPSA) is 32.3 Å². The maximum Gasteiger partial charge on any atom is 0.163 e.